The zero-order valence-corrected chi connectivity index (χ0v) is 36.6. The predicted molar refractivity (Wildman–Crippen MR) is 268 cm³/mol. The molecule has 0 fully saturated rings. The standard InChI is InChI=1S/C60H51N3/c1-5-40-33-46(27-29-47(40)51-37-59-53(34-41(51)6-2)49-28-24-38(3)32-58(49)62(59)45-19-11-8-12-20-45)63-57-31-26-43(36-54(57)50-22-15-16-39(4)60(50)63)42-25-30-56-52(35-42)48-21-13-14-23-55(48)61(56)44-17-9-7-10-18-44/h7-15,17-31,33-39H,5-6,16,32H2,1-4H3. The van der Waals surface area contributed by atoms with Crippen molar-refractivity contribution >= 4 is 55.8 Å². The van der Waals surface area contributed by atoms with Gasteiger partial charge in [0.05, 0.1) is 22.1 Å². The van der Waals surface area contributed by atoms with Crippen molar-refractivity contribution in [2.45, 2.75) is 59.3 Å². The van der Waals surface area contributed by atoms with E-state index in [4.69, 9.17) is 0 Å². The first-order chi connectivity index (χ1) is 31.0. The van der Waals surface area contributed by atoms with Gasteiger partial charge in [-0.1, -0.05) is 125 Å². The molecule has 2 atom stereocenters. The van der Waals surface area contributed by atoms with Gasteiger partial charge in [0.2, 0.25) is 0 Å². The second-order valence-corrected chi connectivity index (χ2v) is 18.0. The van der Waals surface area contributed by atoms with Gasteiger partial charge in [0.1, 0.15) is 0 Å². The molecule has 0 radical (unpaired) electrons. The lowest BCUT2D eigenvalue weighted by Gasteiger charge is -2.21. The number of aromatic nitrogens is 3. The number of para-hydroxylation sites is 3. The summed E-state index contributed by atoms with van der Waals surface area (Å²) in [6.07, 6.45) is 13.5. The SMILES string of the molecule is CCc1cc(-n2c3c(c4cc(-c5ccc6c(c5)c5ccccc5n6-c5ccccc5)ccc42)C=CCC3C)ccc1-c1cc2c(cc1CC)c1c(n2-c2ccccc2)CC(C)C=C1. The smallest absolute Gasteiger partial charge is 0.0544 e. The number of hydrogen-bond donors (Lipinski definition) is 0. The van der Waals surface area contributed by atoms with E-state index in [0.717, 1.165) is 25.7 Å². The minimum Gasteiger partial charge on any atom is -0.313 e. The second-order valence-electron chi connectivity index (χ2n) is 18.0. The van der Waals surface area contributed by atoms with Crippen molar-refractivity contribution in [2.24, 2.45) is 5.92 Å². The Morgan fingerprint density at radius 3 is 1.86 bits per heavy atom. The molecular weight excluding hydrogens is 763 g/mol. The molecule has 0 spiro atoms. The Kier molecular flexibility index (Phi) is 8.83. The van der Waals surface area contributed by atoms with Crippen molar-refractivity contribution in [3.05, 3.63) is 197 Å². The van der Waals surface area contributed by atoms with Gasteiger partial charge in [-0.15, -0.1) is 0 Å². The maximum atomic E-state index is 2.58. The van der Waals surface area contributed by atoms with E-state index >= 15 is 0 Å². The third-order valence-electron chi connectivity index (χ3n) is 14.2. The summed E-state index contributed by atoms with van der Waals surface area (Å²) in [5, 5.41) is 5.22. The average Bonchev–Trinajstić information content (AvgIpc) is 3.96. The van der Waals surface area contributed by atoms with Crippen molar-refractivity contribution in [1.82, 2.24) is 13.7 Å². The Balaban J connectivity index is 0.997. The van der Waals surface area contributed by atoms with Gasteiger partial charge in [0.25, 0.3) is 0 Å². The molecule has 0 saturated heterocycles. The number of aryl methyl sites for hydroxylation is 2. The first-order valence-corrected chi connectivity index (χ1v) is 23.0. The van der Waals surface area contributed by atoms with Crippen LogP contribution >= 0.6 is 0 Å². The molecule has 0 saturated carbocycles. The van der Waals surface area contributed by atoms with Crippen LogP contribution < -0.4 is 0 Å². The first kappa shape index (κ1) is 37.6. The molecular formula is C60H51N3. The highest BCUT2D eigenvalue weighted by Crippen LogP contribution is 2.44. The van der Waals surface area contributed by atoms with Crippen LogP contribution in [-0.4, -0.2) is 13.7 Å². The summed E-state index contributed by atoms with van der Waals surface area (Å²) >= 11 is 0. The van der Waals surface area contributed by atoms with Gasteiger partial charge < -0.3 is 13.7 Å². The first-order valence-electron chi connectivity index (χ1n) is 23.0. The maximum absolute atomic E-state index is 2.58. The van der Waals surface area contributed by atoms with Crippen LogP contribution in [0.5, 0.6) is 0 Å². The molecule has 12 rings (SSSR count). The molecule has 3 heteroatoms. The molecule has 2 unspecified atom stereocenters. The number of rotatable bonds is 7. The van der Waals surface area contributed by atoms with E-state index < -0.39 is 0 Å². The minimum atomic E-state index is 0.397. The monoisotopic (exact) mass is 813 g/mol. The summed E-state index contributed by atoms with van der Waals surface area (Å²) in [5.41, 5.74) is 22.2. The number of fused-ring (bicyclic) bond motifs is 9. The molecule has 0 N–H and O–H groups in total. The summed E-state index contributed by atoms with van der Waals surface area (Å²) in [4.78, 5) is 0. The molecule has 0 aliphatic heterocycles. The Bertz CT molecular complexity index is 3500. The van der Waals surface area contributed by atoms with Gasteiger partial charge in [-0.25, -0.2) is 0 Å². The molecule has 2 aliphatic carbocycles. The molecule has 2 aliphatic rings. The largest absolute Gasteiger partial charge is 0.313 e. The normalized spacial score (nSPS) is 15.8. The Morgan fingerprint density at radius 2 is 1.11 bits per heavy atom. The summed E-state index contributed by atoms with van der Waals surface area (Å²) < 4.78 is 7.51. The average molecular weight is 814 g/mol. The van der Waals surface area contributed by atoms with Gasteiger partial charge in [0, 0.05) is 67.0 Å². The van der Waals surface area contributed by atoms with Crippen LogP contribution in [0.3, 0.4) is 0 Å². The topological polar surface area (TPSA) is 14.8 Å². The van der Waals surface area contributed by atoms with Crippen LogP contribution in [0.25, 0.3) is 95.1 Å². The summed E-state index contributed by atoms with van der Waals surface area (Å²) in [6, 6.07) is 57.0. The van der Waals surface area contributed by atoms with E-state index in [-0.39, 0.29) is 0 Å². The fourth-order valence-electron chi connectivity index (χ4n) is 11.1. The van der Waals surface area contributed by atoms with Crippen molar-refractivity contribution in [2.75, 3.05) is 0 Å². The van der Waals surface area contributed by atoms with Gasteiger partial charge in [0.15, 0.2) is 0 Å². The zero-order chi connectivity index (χ0) is 42.3. The maximum Gasteiger partial charge on any atom is 0.0544 e. The number of hydrogen-bond acceptors (Lipinski definition) is 0. The van der Waals surface area contributed by atoms with Gasteiger partial charge >= 0.3 is 0 Å². The van der Waals surface area contributed by atoms with Gasteiger partial charge in [-0.3, -0.25) is 0 Å². The van der Waals surface area contributed by atoms with Crippen LogP contribution in [0.4, 0.5) is 0 Å². The van der Waals surface area contributed by atoms with Crippen molar-refractivity contribution in [1.29, 1.82) is 0 Å². The van der Waals surface area contributed by atoms with Crippen LogP contribution in [-0.2, 0) is 19.3 Å². The van der Waals surface area contributed by atoms with E-state index in [9.17, 15) is 0 Å². The highest BCUT2D eigenvalue weighted by atomic mass is 15.0. The van der Waals surface area contributed by atoms with Crippen LogP contribution in [0.2, 0.25) is 0 Å². The minimum absolute atomic E-state index is 0.397. The highest BCUT2D eigenvalue weighted by Gasteiger charge is 2.26. The number of allylic oxidation sites excluding steroid dienone is 2. The molecule has 7 aromatic carbocycles. The van der Waals surface area contributed by atoms with Crippen LogP contribution in [0.1, 0.15) is 73.7 Å². The van der Waals surface area contributed by atoms with Gasteiger partial charge in [-0.2, -0.15) is 0 Å². The highest BCUT2D eigenvalue weighted by molar-refractivity contribution is 6.11. The number of benzene rings is 7. The Labute approximate surface area is 369 Å². The summed E-state index contributed by atoms with van der Waals surface area (Å²) in [7, 11) is 0. The van der Waals surface area contributed by atoms with E-state index in [1.54, 1.807) is 0 Å². The molecule has 3 nitrogen and oxygen atoms in total. The molecule has 63 heavy (non-hydrogen) atoms. The molecule has 10 aromatic rings. The van der Waals surface area contributed by atoms with E-state index in [0.29, 0.717) is 11.8 Å². The van der Waals surface area contributed by atoms with Crippen LogP contribution in [0, 0.1) is 5.92 Å². The predicted octanol–water partition coefficient (Wildman–Crippen LogP) is 15.9. The van der Waals surface area contributed by atoms with E-state index in [2.05, 4.69) is 217 Å². The van der Waals surface area contributed by atoms with E-state index in [1.165, 1.54) is 117 Å². The Morgan fingerprint density at radius 1 is 0.476 bits per heavy atom. The molecule has 3 aromatic heterocycles. The molecule has 0 bridgehead atoms. The number of nitrogens with zero attached hydrogens (tertiary/aromatic N) is 3. The quantitative estimate of drug-likeness (QED) is 0.152. The fourth-order valence-corrected chi connectivity index (χ4v) is 11.1. The third-order valence-corrected chi connectivity index (χ3v) is 14.2. The van der Waals surface area contributed by atoms with Crippen molar-refractivity contribution < 1.29 is 0 Å². The Hall–Kier alpha value is -7.10. The van der Waals surface area contributed by atoms with Crippen molar-refractivity contribution in [3.8, 4) is 39.3 Å². The lowest BCUT2D eigenvalue weighted by molar-refractivity contribution is 0.690. The summed E-state index contributed by atoms with van der Waals surface area (Å²) in [5.74, 6) is 0.909. The van der Waals surface area contributed by atoms with Crippen LogP contribution in [0.15, 0.2) is 164 Å². The fraction of sp³-hybridized carbons (Fsp3) is 0.167. The van der Waals surface area contributed by atoms with E-state index in [1.807, 2.05) is 0 Å². The lowest BCUT2D eigenvalue weighted by atomic mass is 9.90. The van der Waals surface area contributed by atoms with Crippen molar-refractivity contribution in [3.63, 3.8) is 0 Å². The second kappa shape index (κ2) is 14.8. The zero-order valence-electron chi connectivity index (χ0n) is 36.6. The molecule has 3 heterocycles. The summed E-state index contributed by atoms with van der Waals surface area (Å²) in [6.45, 7) is 9.35. The third kappa shape index (κ3) is 5.86. The lowest BCUT2D eigenvalue weighted by Crippen LogP contribution is -2.08. The van der Waals surface area contributed by atoms with Gasteiger partial charge in [-0.05, 0) is 144 Å². The molecule has 306 valence electrons. The molecule has 0 amide bonds.